The molecule has 1 atom stereocenters. The SMILES string of the molecule is CN(C[C@H]1CCCN(CCc2ccc(F)cc2)C1)S(=O)(=O)c1cn(C)cn1. The highest BCUT2D eigenvalue weighted by Crippen LogP contribution is 2.21. The van der Waals surface area contributed by atoms with Crippen LogP contribution in [0.3, 0.4) is 0 Å². The lowest BCUT2D eigenvalue weighted by Gasteiger charge is -2.34. The first-order valence-corrected chi connectivity index (χ1v) is 10.7. The van der Waals surface area contributed by atoms with Gasteiger partial charge < -0.3 is 9.47 Å². The van der Waals surface area contributed by atoms with Crippen LogP contribution in [0.25, 0.3) is 0 Å². The van der Waals surface area contributed by atoms with E-state index < -0.39 is 10.0 Å². The summed E-state index contributed by atoms with van der Waals surface area (Å²) in [6, 6.07) is 6.63. The Morgan fingerprint density at radius 3 is 2.70 bits per heavy atom. The Morgan fingerprint density at radius 2 is 2.04 bits per heavy atom. The van der Waals surface area contributed by atoms with Crippen LogP contribution in [0, 0.1) is 11.7 Å². The summed E-state index contributed by atoms with van der Waals surface area (Å²) in [7, 11) is -0.164. The summed E-state index contributed by atoms with van der Waals surface area (Å²) in [5.41, 5.74) is 1.12. The van der Waals surface area contributed by atoms with E-state index in [0.717, 1.165) is 44.5 Å². The summed E-state index contributed by atoms with van der Waals surface area (Å²) in [6.45, 7) is 3.29. The van der Waals surface area contributed by atoms with Crippen LogP contribution in [0.4, 0.5) is 4.39 Å². The topological polar surface area (TPSA) is 58.4 Å². The van der Waals surface area contributed by atoms with Crippen LogP contribution in [0.2, 0.25) is 0 Å². The summed E-state index contributed by atoms with van der Waals surface area (Å²) in [4.78, 5) is 6.36. The Bertz CT molecular complexity index is 851. The second-order valence-corrected chi connectivity index (χ2v) is 9.34. The number of halogens is 1. The van der Waals surface area contributed by atoms with Crippen LogP contribution in [0.5, 0.6) is 0 Å². The first-order chi connectivity index (χ1) is 12.8. The van der Waals surface area contributed by atoms with Crippen LogP contribution in [0.15, 0.2) is 41.8 Å². The number of aryl methyl sites for hydroxylation is 1. The monoisotopic (exact) mass is 394 g/mol. The molecule has 0 aliphatic carbocycles. The third-order valence-corrected chi connectivity index (χ3v) is 6.81. The summed E-state index contributed by atoms with van der Waals surface area (Å²) in [6.07, 6.45) is 5.98. The molecule has 0 unspecified atom stereocenters. The minimum atomic E-state index is -3.55. The molecule has 0 amide bonds. The van der Waals surface area contributed by atoms with Crippen molar-refractivity contribution in [2.24, 2.45) is 13.0 Å². The van der Waals surface area contributed by atoms with Crippen molar-refractivity contribution in [3.05, 3.63) is 48.2 Å². The van der Waals surface area contributed by atoms with Crippen molar-refractivity contribution in [1.29, 1.82) is 0 Å². The number of likely N-dealkylation sites (tertiary alicyclic amines) is 1. The fourth-order valence-corrected chi connectivity index (χ4v) is 4.79. The third-order valence-electron chi connectivity index (χ3n) is 5.10. The van der Waals surface area contributed by atoms with Gasteiger partial charge in [0, 0.05) is 39.9 Å². The quantitative estimate of drug-likeness (QED) is 0.722. The number of rotatable bonds is 7. The van der Waals surface area contributed by atoms with E-state index >= 15 is 0 Å². The molecule has 6 nitrogen and oxygen atoms in total. The van der Waals surface area contributed by atoms with E-state index in [-0.39, 0.29) is 10.8 Å². The molecule has 0 radical (unpaired) electrons. The Morgan fingerprint density at radius 1 is 1.30 bits per heavy atom. The van der Waals surface area contributed by atoms with Gasteiger partial charge in [0.15, 0.2) is 5.03 Å². The molecule has 0 N–H and O–H groups in total. The van der Waals surface area contributed by atoms with Gasteiger partial charge in [0.25, 0.3) is 10.0 Å². The average Bonchev–Trinajstić information content (AvgIpc) is 3.09. The van der Waals surface area contributed by atoms with Crippen molar-refractivity contribution in [2.45, 2.75) is 24.3 Å². The first-order valence-electron chi connectivity index (χ1n) is 9.25. The molecule has 1 aliphatic rings. The standard InChI is InChI=1S/C19H27FN4O2S/c1-22-14-19(21-15-22)27(25,26)23(2)12-17-4-3-10-24(13-17)11-9-16-5-7-18(20)8-6-16/h5-8,14-15,17H,3-4,9-13H2,1-2H3/t17-/m1/s1. The van der Waals surface area contributed by atoms with Crippen LogP contribution in [-0.2, 0) is 23.5 Å². The summed E-state index contributed by atoms with van der Waals surface area (Å²) in [5.74, 6) is 0.0874. The molecule has 1 aromatic carbocycles. The highest BCUT2D eigenvalue weighted by molar-refractivity contribution is 7.89. The number of aromatic nitrogens is 2. The van der Waals surface area contributed by atoms with Gasteiger partial charge in [0.1, 0.15) is 5.82 Å². The molecule has 2 aromatic rings. The largest absolute Gasteiger partial charge is 0.339 e. The van der Waals surface area contributed by atoms with Crippen molar-refractivity contribution in [2.75, 3.05) is 33.2 Å². The van der Waals surface area contributed by atoms with E-state index in [4.69, 9.17) is 0 Å². The second kappa shape index (κ2) is 8.50. The van der Waals surface area contributed by atoms with Gasteiger partial charge in [-0.05, 0) is 49.4 Å². The third kappa shape index (κ3) is 5.15. The lowest BCUT2D eigenvalue weighted by atomic mass is 9.97. The molecule has 148 valence electrons. The Labute approximate surface area is 160 Å². The van der Waals surface area contributed by atoms with E-state index in [1.54, 1.807) is 18.7 Å². The Balaban J connectivity index is 1.53. The molecular weight excluding hydrogens is 367 g/mol. The van der Waals surface area contributed by atoms with Gasteiger partial charge in [-0.25, -0.2) is 17.8 Å². The van der Waals surface area contributed by atoms with Crippen molar-refractivity contribution in [3.8, 4) is 0 Å². The van der Waals surface area contributed by atoms with Gasteiger partial charge in [-0.15, -0.1) is 0 Å². The molecule has 27 heavy (non-hydrogen) atoms. The van der Waals surface area contributed by atoms with Gasteiger partial charge in [-0.3, -0.25) is 0 Å². The number of hydrogen-bond acceptors (Lipinski definition) is 4. The molecule has 8 heteroatoms. The molecule has 3 rings (SSSR count). The normalized spacial score (nSPS) is 18.9. The van der Waals surface area contributed by atoms with Crippen LogP contribution < -0.4 is 0 Å². The predicted molar refractivity (Wildman–Crippen MR) is 102 cm³/mol. The zero-order valence-corrected chi connectivity index (χ0v) is 16.7. The summed E-state index contributed by atoms with van der Waals surface area (Å²) < 4.78 is 41.4. The molecule has 2 heterocycles. The van der Waals surface area contributed by atoms with Crippen LogP contribution in [-0.4, -0.2) is 60.4 Å². The number of piperidine rings is 1. The number of benzene rings is 1. The van der Waals surface area contributed by atoms with Gasteiger partial charge in [-0.2, -0.15) is 4.31 Å². The van der Waals surface area contributed by atoms with E-state index in [1.807, 2.05) is 12.1 Å². The minimum absolute atomic E-state index is 0.0940. The maximum absolute atomic E-state index is 13.0. The average molecular weight is 395 g/mol. The van der Waals surface area contributed by atoms with Gasteiger partial charge in [0.05, 0.1) is 6.33 Å². The lowest BCUT2D eigenvalue weighted by molar-refractivity contribution is 0.163. The minimum Gasteiger partial charge on any atom is -0.339 e. The first kappa shape index (κ1) is 20.0. The van der Waals surface area contributed by atoms with Crippen molar-refractivity contribution in [1.82, 2.24) is 18.8 Å². The van der Waals surface area contributed by atoms with Crippen molar-refractivity contribution >= 4 is 10.0 Å². The number of nitrogens with zero attached hydrogens (tertiary/aromatic N) is 4. The maximum atomic E-state index is 13.0. The number of sulfonamides is 1. The zero-order chi connectivity index (χ0) is 19.4. The highest BCUT2D eigenvalue weighted by Gasteiger charge is 2.28. The molecule has 1 fully saturated rings. The summed E-state index contributed by atoms with van der Waals surface area (Å²) >= 11 is 0. The van der Waals surface area contributed by atoms with Gasteiger partial charge >= 0.3 is 0 Å². The van der Waals surface area contributed by atoms with Crippen LogP contribution in [0.1, 0.15) is 18.4 Å². The Hall–Kier alpha value is -1.77. The second-order valence-electron chi connectivity index (χ2n) is 7.35. The highest BCUT2D eigenvalue weighted by atomic mass is 32.2. The lowest BCUT2D eigenvalue weighted by Crippen LogP contribution is -2.42. The summed E-state index contributed by atoms with van der Waals surface area (Å²) in [5, 5.41) is 0.0940. The van der Waals surface area contributed by atoms with Gasteiger partial charge in [0.2, 0.25) is 0 Å². The maximum Gasteiger partial charge on any atom is 0.261 e. The van der Waals surface area contributed by atoms with E-state index in [9.17, 15) is 12.8 Å². The fraction of sp³-hybridized carbons (Fsp3) is 0.526. The van der Waals surface area contributed by atoms with Crippen molar-refractivity contribution < 1.29 is 12.8 Å². The fourth-order valence-electron chi connectivity index (χ4n) is 3.59. The zero-order valence-electron chi connectivity index (χ0n) is 15.9. The molecule has 1 aromatic heterocycles. The molecule has 0 spiro atoms. The predicted octanol–water partition coefficient (Wildman–Crippen LogP) is 2.13. The van der Waals surface area contributed by atoms with E-state index in [2.05, 4.69) is 9.88 Å². The molecule has 1 saturated heterocycles. The van der Waals surface area contributed by atoms with Gasteiger partial charge in [-0.1, -0.05) is 12.1 Å². The smallest absolute Gasteiger partial charge is 0.261 e. The molecule has 1 aliphatic heterocycles. The Kier molecular flexibility index (Phi) is 6.29. The van der Waals surface area contributed by atoms with E-state index in [1.165, 1.54) is 29.0 Å². The van der Waals surface area contributed by atoms with E-state index in [0.29, 0.717) is 12.5 Å². The molecular formula is C19H27FN4O2S. The number of hydrogen-bond donors (Lipinski definition) is 0. The van der Waals surface area contributed by atoms with Crippen LogP contribution >= 0.6 is 0 Å². The number of imidazole rings is 1. The van der Waals surface area contributed by atoms with Crippen molar-refractivity contribution in [3.63, 3.8) is 0 Å². The molecule has 0 bridgehead atoms. The molecule has 0 saturated carbocycles.